The number of hydrogen-bond acceptors (Lipinski definition) is 7. The number of nitrogens with zero attached hydrogens (tertiary/aromatic N) is 4. The summed E-state index contributed by atoms with van der Waals surface area (Å²) in [5, 5.41) is 11.6. The summed E-state index contributed by atoms with van der Waals surface area (Å²) in [5.74, 6) is -0.549. The Morgan fingerprint density at radius 3 is 2.36 bits per heavy atom. The molecule has 1 amide bonds. The van der Waals surface area contributed by atoms with Crippen molar-refractivity contribution < 1.29 is 24.2 Å². The summed E-state index contributed by atoms with van der Waals surface area (Å²) >= 11 is 0. The summed E-state index contributed by atoms with van der Waals surface area (Å²) in [6, 6.07) is 8.44. The van der Waals surface area contributed by atoms with Crippen LogP contribution in [0.1, 0.15) is 56.3 Å². The van der Waals surface area contributed by atoms with Crippen molar-refractivity contribution in [2.24, 2.45) is 0 Å². The van der Waals surface area contributed by atoms with E-state index in [1.807, 2.05) is 56.5 Å². The number of rotatable bonds is 11. The van der Waals surface area contributed by atoms with Crippen LogP contribution in [0.4, 0.5) is 0 Å². The molecule has 1 atom stereocenters. The fraction of sp³-hybridized carbons (Fsp3) is 0.433. The van der Waals surface area contributed by atoms with Gasteiger partial charge in [-0.1, -0.05) is 26.0 Å². The van der Waals surface area contributed by atoms with Crippen LogP contribution in [0.3, 0.4) is 0 Å². The number of benzene rings is 1. The lowest BCUT2D eigenvalue weighted by atomic mass is 9.96. The SMILES string of the molecule is CCOc1ccc(C2C(=C(O)c3nc4c(C)cccn4c3C)C(=O)C(=O)N2CCN(CC)CC)cc1OCC. The predicted octanol–water partition coefficient (Wildman–Crippen LogP) is 4.51. The van der Waals surface area contributed by atoms with Gasteiger partial charge in [-0.05, 0) is 70.1 Å². The molecule has 1 aliphatic rings. The molecule has 1 N–H and O–H groups in total. The third-order valence-electron chi connectivity index (χ3n) is 7.28. The zero-order valence-electron chi connectivity index (χ0n) is 23.7. The largest absolute Gasteiger partial charge is 0.505 e. The zero-order valence-corrected chi connectivity index (χ0v) is 23.7. The highest BCUT2D eigenvalue weighted by atomic mass is 16.5. The maximum atomic E-state index is 13.6. The number of aliphatic hydroxyl groups excluding tert-OH is 1. The monoisotopic (exact) mass is 534 g/mol. The Labute approximate surface area is 229 Å². The lowest BCUT2D eigenvalue weighted by Crippen LogP contribution is -2.38. The van der Waals surface area contributed by atoms with E-state index < -0.39 is 17.7 Å². The molecule has 208 valence electrons. The van der Waals surface area contributed by atoms with Gasteiger partial charge in [0, 0.05) is 19.3 Å². The first kappa shape index (κ1) is 28.2. The first-order chi connectivity index (χ1) is 18.8. The molecule has 4 rings (SSSR count). The summed E-state index contributed by atoms with van der Waals surface area (Å²) in [7, 11) is 0. The van der Waals surface area contributed by atoms with Crippen LogP contribution in [0.2, 0.25) is 0 Å². The molecule has 3 aromatic rings. The van der Waals surface area contributed by atoms with E-state index in [-0.39, 0.29) is 17.0 Å². The number of aryl methyl sites for hydroxylation is 2. The van der Waals surface area contributed by atoms with Crippen molar-refractivity contribution in [2.45, 2.75) is 47.6 Å². The van der Waals surface area contributed by atoms with E-state index in [1.54, 1.807) is 17.0 Å². The molecule has 39 heavy (non-hydrogen) atoms. The van der Waals surface area contributed by atoms with E-state index in [9.17, 15) is 14.7 Å². The number of carbonyl (C=O) groups excluding carboxylic acids is 2. The van der Waals surface area contributed by atoms with Crippen molar-refractivity contribution in [3.8, 4) is 11.5 Å². The second kappa shape index (κ2) is 11.9. The third kappa shape index (κ3) is 5.23. The number of Topliss-reactive ketones (excluding diaryl/α,β-unsaturated/α-hetero) is 1. The normalized spacial score (nSPS) is 17.0. The summed E-state index contributed by atoms with van der Waals surface area (Å²) in [5.41, 5.74) is 3.26. The number of aromatic nitrogens is 2. The number of likely N-dealkylation sites (N-methyl/N-ethyl adjacent to an activating group) is 1. The molecule has 0 aliphatic carbocycles. The van der Waals surface area contributed by atoms with Crippen LogP contribution >= 0.6 is 0 Å². The molecular weight excluding hydrogens is 496 g/mol. The molecule has 3 heterocycles. The minimum Gasteiger partial charge on any atom is -0.505 e. The average Bonchev–Trinajstić information content (AvgIpc) is 3.40. The molecule has 1 fully saturated rings. The van der Waals surface area contributed by atoms with Crippen LogP contribution in [-0.2, 0) is 9.59 Å². The van der Waals surface area contributed by atoms with Gasteiger partial charge in [-0.25, -0.2) is 4.98 Å². The van der Waals surface area contributed by atoms with Gasteiger partial charge in [0.1, 0.15) is 11.3 Å². The van der Waals surface area contributed by atoms with Crippen LogP contribution in [0.5, 0.6) is 11.5 Å². The van der Waals surface area contributed by atoms with E-state index in [0.29, 0.717) is 54.7 Å². The van der Waals surface area contributed by atoms with Gasteiger partial charge in [-0.15, -0.1) is 0 Å². The summed E-state index contributed by atoms with van der Waals surface area (Å²) < 4.78 is 13.5. The molecule has 9 nitrogen and oxygen atoms in total. The van der Waals surface area contributed by atoms with Crippen molar-refractivity contribution in [3.05, 3.63) is 64.6 Å². The Morgan fingerprint density at radius 2 is 1.72 bits per heavy atom. The number of imidazole rings is 1. The highest BCUT2D eigenvalue weighted by Gasteiger charge is 2.46. The maximum absolute atomic E-state index is 13.6. The lowest BCUT2D eigenvalue weighted by Gasteiger charge is -2.28. The number of ether oxygens (including phenoxy) is 2. The predicted molar refractivity (Wildman–Crippen MR) is 150 cm³/mol. The van der Waals surface area contributed by atoms with Gasteiger partial charge in [0.05, 0.1) is 30.5 Å². The Kier molecular flexibility index (Phi) is 8.60. The van der Waals surface area contributed by atoms with Crippen molar-refractivity contribution in [2.75, 3.05) is 39.4 Å². The second-order valence-electron chi connectivity index (χ2n) is 9.52. The van der Waals surface area contributed by atoms with Crippen molar-refractivity contribution in [3.63, 3.8) is 0 Å². The van der Waals surface area contributed by atoms with Gasteiger partial charge in [0.15, 0.2) is 17.3 Å². The number of aliphatic hydroxyl groups is 1. The van der Waals surface area contributed by atoms with E-state index in [4.69, 9.17) is 9.47 Å². The Bertz CT molecular complexity index is 1410. The van der Waals surface area contributed by atoms with E-state index in [1.165, 1.54) is 0 Å². The van der Waals surface area contributed by atoms with Gasteiger partial charge >= 0.3 is 0 Å². The van der Waals surface area contributed by atoms with Crippen LogP contribution in [0.25, 0.3) is 11.4 Å². The third-order valence-corrected chi connectivity index (χ3v) is 7.28. The van der Waals surface area contributed by atoms with Crippen molar-refractivity contribution in [1.29, 1.82) is 0 Å². The molecule has 0 spiro atoms. The fourth-order valence-corrected chi connectivity index (χ4v) is 5.16. The topological polar surface area (TPSA) is 96.6 Å². The number of ketones is 1. The number of hydrogen-bond donors (Lipinski definition) is 1. The van der Waals surface area contributed by atoms with Crippen LogP contribution in [-0.4, -0.2) is 75.4 Å². The Hall–Kier alpha value is -3.85. The average molecular weight is 535 g/mol. The van der Waals surface area contributed by atoms with Crippen LogP contribution in [0.15, 0.2) is 42.1 Å². The molecule has 9 heteroatoms. The number of amides is 1. The molecule has 0 bridgehead atoms. The van der Waals surface area contributed by atoms with Crippen LogP contribution in [0, 0.1) is 13.8 Å². The minimum absolute atomic E-state index is 0.0234. The second-order valence-corrected chi connectivity index (χ2v) is 9.52. The standard InChI is InChI=1S/C30H38N4O5/c1-7-32(8-2)16-17-34-26(21-13-14-22(38-9-3)23(18-21)39-10-4)24(28(36)30(34)37)27(35)25-20(6)33-15-11-12-19(5)29(33)31-25/h11-15,18,26,35H,7-10,16-17H2,1-6H3. The molecular formula is C30H38N4O5. The lowest BCUT2D eigenvalue weighted by molar-refractivity contribution is -0.140. The van der Waals surface area contributed by atoms with E-state index >= 15 is 0 Å². The number of likely N-dealkylation sites (tertiary alicyclic amines) is 1. The molecule has 1 aliphatic heterocycles. The Balaban J connectivity index is 1.90. The van der Waals surface area contributed by atoms with E-state index in [0.717, 1.165) is 18.7 Å². The molecule has 1 saturated heterocycles. The van der Waals surface area contributed by atoms with E-state index in [2.05, 4.69) is 23.7 Å². The fourth-order valence-electron chi connectivity index (χ4n) is 5.16. The highest BCUT2D eigenvalue weighted by Crippen LogP contribution is 2.42. The molecule has 1 aromatic carbocycles. The summed E-state index contributed by atoms with van der Waals surface area (Å²) in [6.45, 7) is 15.1. The zero-order chi connectivity index (χ0) is 28.3. The molecule has 0 saturated carbocycles. The molecule has 2 aromatic heterocycles. The molecule has 0 radical (unpaired) electrons. The first-order valence-electron chi connectivity index (χ1n) is 13.6. The molecule has 1 unspecified atom stereocenters. The maximum Gasteiger partial charge on any atom is 0.295 e. The van der Waals surface area contributed by atoms with Crippen LogP contribution < -0.4 is 9.47 Å². The Morgan fingerprint density at radius 1 is 1.03 bits per heavy atom. The van der Waals surface area contributed by atoms with Gasteiger partial charge in [-0.3, -0.25) is 9.59 Å². The van der Waals surface area contributed by atoms with Crippen molar-refractivity contribution >= 4 is 23.1 Å². The van der Waals surface area contributed by atoms with Gasteiger partial charge in [0.25, 0.3) is 11.7 Å². The van der Waals surface area contributed by atoms with Gasteiger partial charge < -0.3 is 28.8 Å². The first-order valence-corrected chi connectivity index (χ1v) is 13.6. The quantitative estimate of drug-likeness (QED) is 0.220. The van der Waals surface area contributed by atoms with Gasteiger partial charge in [-0.2, -0.15) is 0 Å². The number of carbonyl (C=O) groups is 2. The van der Waals surface area contributed by atoms with Gasteiger partial charge in [0.2, 0.25) is 0 Å². The summed E-state index contributed by atoms with van der Waals surface area (Å²) in [4.78, 5) is 35.4. The highest BCUT2D eigenvalue weighted by molar-refractivity contribution is 6.46. The minimum atomic E-state index is -0.805. The number of pyridine rings is 1. The van der Waals surface area contributed by atoms with Crippen molar-refractivity contribution in [1.82, 2.24) is 19.2 Å². The smallest absolute Gasteiger partial charge is 0.295 e. The number of fused-ring (bicyclic) bond motifs is 1. The summed E-state index contributed by atoms with van der Waals surface area (Å²) in [6.07, 6.45) is 1.86.